The molecular weight excluding hydrogens is 306 g/mol. The van der Waals surface area contributed by atoms with Gasteiger partial charge >= 0.3 is 0 Å². The largest absolute Gasteiger partial charge is 0.350 e. The van der Waals surface area contributed by atoms with Crippen LogP contribution in [0.15, 0.2) is 40.9 Å². The first-order chi connectivity index (χ1) is 11.5. The molecule has 1 spiro atoms. The molecule has 6 heteroatoms. The number of benzene rings is 1. The minimum atomic E-state index is -0.229. The van der Waals surface area contributed by atoms with Gasteiger partial charge in [-0.25, -0.2) is 0 Å². The summed E-state index contributed by atoms with van der Waals surface area (Å²) in [6.07, 6.45) is 1.84. The first-order valence-corrected chi connectivity index (χ1v) is 8.13. The molecule has 4 rings (SSSR count). The van der Waals surface area contributed by atoms with E-state index in [1.807, 2.05) is 35.2 Å². The Morgan fingerprint density at radius 1 is 1.25 bits per heavy atom. The molecule has 2 fully saturated rings. The maximum Gasteiger partial charge on any atom is 0.290 e. The molecule has 2 heterocycles. The second-order valence-electron chi connectivity index (χ2n) is 6.90. The molecular formula is C18H19N3O3. The van der Waals surface area contributed by atoms with E-state index >= 15 is 0 Å². The van der Waals surface area contributed by atoms with Gasteiger partial charge in [-0.15, -0.1) is 0 Å². The van der Waals surface area contributed by atoms with Gasteiger partial charge in [0.05, 0.1) is 0 Å². The Balaban J connectivity index is 1.32. The van der Waals surface area contributed by atoms with Crippen LogP contribution >= 0.6 is 0 Å². The zero-order valence-electron chi connectivity index (χ0n) is 13.5. The maximum atomic E-state index is 12.3. The van der Waals surface area contributed by atoms with Crippen molar-refractivity contribution in [1.82, 2.24) is 15.4 Å². The lowest BCUT2D eigenvalue weighted by Gasteiger charge is -2.58. The third-order valence-electron chi connectivity index (χ3n) is 5.00. The zero-order chi connectivity index (χ0) is 16.7. The molecule has 1 N–H and O–H groups in total. The van der Waals surface area contributed by atoms with Gasteiger partial charge in [0.2, 0.25) is 11.7 Å². The molecule has 2 aromatic rings. The highest BCUT2D eigenvalue weighted by atomic mass is 16.5. The lowest BCUT2D eigenvalue weighted by atomic mass is 9.60. The lowest BCUT2D eigenvalue weighted by molar-refractivity contribution is -0.149. The predicted octanol–water partition coefficient (Wildman–Crippen LogP) is 2.08. The molecule has 24 heavy (non-hydrogen) atoms. The van der Waals surface area contributed by atoms with Crippen LogP contribution in [0.2, 0.25) is 0 Å². The minimum absolute atomic E-state index is 0.128. The van der Waals surface area contributed by atoms with Gasteiger partial charge in [0.1, 0.15) is 5.69 Å². The molecule has 124 valence electrons. The summed E-state index contributed by atoms with van der Waals surface area (Å²) in [5, 5.41) is 6.95. The van der Waals surface area contributed by atoms with Crippen LogP contribution in [0.25, 0.3) is 11.3 Å². The molecule has 0 unspecified atom stereocenters. The maximum absolute atomic E-state index is 12.3. The molecule has 0 atom stereocenters. The SMILES string of the molecule is CC(=O)N1CC2(CC(NC(=O)c3cc(-c4ccccc4)no3)C2)C1. The van der Waals surface area contributed by atoms with Crippen molar-refractivity contribution in [3.8, 4) is 11.3 Å². The van der Waals surface area contributed by atoms with Crippen molar-refractivity contribution in [2.75, 3.05) is 13.1 Å². The van der Waals surface area contributed by atoms with Crippen LogP contribution in [0.5, 0.6) is 0 Å². The fourth-order valence-corrected chi connectivity index (χ4v) is 3.72. The number of likely N-dealkylation sites (tertiary alicyclic amines) is 1. The van der Waals surface area contributed by atoms with Crippen LogP contribution in [0.4, 0.5) is 0 Å². The van der Waals surface area contributed by atoms with Gasteiger partial charge in [0.25, 0.3) is 5.91 Å². The molecule has 1 aromatic carbocycles. The van der Waals surface area contributed by atoms with Crippen molar-refractivity contribution in [1.29, 1.82) is 0 Å². The van der Waals surface area contributed by atoms with Crippen molar-refractivity contribution in [2.45, 2.75) is 25.8 Å². The summed E-state index contributed by atoms with van der Waals surface area (Å²) in [6, 6.07) is 11.4. The van der Waals surface area contributed by atoms with Crippen molar-refractivity contribution in [3.63, 3.8) is 0 Å². The van der Waals surface area contributed by atoms with E-state index in [0.717, 1.165) is 31.5 Å². The fraction of sp³-hybridized carbons (Fsp3) is 0.389. The molecule has 0 bridgehead atoms. The van der Waals surface area contributed by atoms with Crippen LogP contribution < -0.4 is 5.32 Å². The quantitative estimate of drug-likeness (QED) is 0.937. The molecule has 1 saturated carbocycles. The topological polar surface area (TPSA) is 75.4 Å². The first kappa shape index (κ1) is 14.9. The number of nitrogens with zero attached hydrogens (tertiary/aromatic N) is 2. The fourth-order valence-electron chi connectivity index (χ4n) is 3.72. The van der Waals surface area contributed by atoms with Gasteiger partial charge in [0.15, 0.2) is 0 Å². The van der Waals surface area contributed by atoms with Crippen molar-refractivity contribution in [3.05, 3.63) is 42.2 Å². The summed E-state index contributed by atoms with van der Waals surface area (Å²) < 4.78 is 5.18. The standard InChI is InChI=1S/C18H19N3O3/c1-12(22)21-10-18(11-21)8-14(9-18)19-17(23)16-7-15(20-24-16)13-5-3-2-4-6-13/h2-7,14H,8-11H2,1H3,(H,19,23). The van der Waals surface area contributed by atoms with Crippen molar-refractivity contribution < 1.29 is 14.1 Å². The highest BCUT2D eigenvalue weighted by Gasteiger charge is 2.53. The van der Waals surface area contributed by atoms with E-state index in [9.17, 15) is 9.59 Å². The molecule has 6 nitrogen and oxygen atoms in total. The molecule has 2 aliphatic rings. The van der Waals surface area contributed by atoms with Crippen molar-refractivity contribution in [2.24, 2.45) is 5.41 Å². The van der Waals surface area contributed by atoms with E-state index in [1.165, 1.54) is 0 Å². The number of hydrogen-bond donors (Lipinski definition) is 1. The van der Waals surface area contributed by atoms with Gasteiger partial charge in [-0.1, -0.05) is 35.5 Å². The summed E-state index contributed by atoms with van der Waals surface area (Å²) >= 11 is 0. The highest BCUT2D eigenvalue weighted by molar-refractivity contribution is 5.92. The normalized spacial score (nSPS) is 18.8. The monoisotopic (exact) mass is 325 g/mol. The van der Waals surface area contributed by atoms with Crippen LogP contribution in [-0.2, 0) is 4.79 Å². The second kappa shape index (κ2) is 5.47. The Morgan fingerprint density at radius 3 is 2.62 bits per heavy atom. The first-order valence-electron chi connectivity index (χ1n) is 8.13. The molecule has 2 amide bonds. The van der Waals surface area contributed by atoms with Crippen LogP contribution in [0.1, 0.15) is 30.3 Å². The van der Waals surface area contributed by atoms with Crippen LogP contribution in [-0.4, -0.2) is 41.0 Å². The smallest absolute Gasteiger partial charge is 0.290 e. The van der Waals surface area contributed by atoms with E-state index in [0.29, 0.717) is 5.69 Å². The average Bonchev–Trinajstić information content (AvgIpc) is 2.98. The summed E-state index contributed by atoms with van der Waals surface area (Å²) in [4.78, 5) is 25.4. The summed E-state index contributed by atoms with van der Waals surface area (Å²) in [5.41, 5.74) is 1.80. The lowest BCUT2D eigenvalue weighted by Crippen LogP contribution is -2.67. The van der Waals surface area contributed by atoms with E-state index in [1.54, 1.807) is 13.0 Å². The molecule has 0 radical (unpaired) electrons. The Hall–Kier alpha value is -2.63. The van der Waals surface area contributed by atoms with Crippen LogP contribution in [0.3, 0.4) is 0 Å². The summed E-state index contributed by atoms with van der Waals surface area (Å²) in [5.74, 6) is 0.129. The third-order valence-corrected chi connectivity index (χ3v) is 5.00. The molecule has 1 aliphatic heterocycles. The van der Waals surface area contributed by atoms with Crippen molar-refractivity contribution >= 4 is 11.8 Å². The predicted molar refractivity (Wildman–Crippen MR) is 87.1 cm³/mol. The number of nitrogens with one attached hydrogen (secondary N) is 1. The van der Waals surface area contributed by atoms with E-state index < -0.39 is 0 Å². The second-order valence-corrected chi connectivity index (χ2v) is 6.90. The van der Waals surface area contributed by atoms with Gasteiger partial charge < -0.3 is 14.7 Å². The summed E-state index contributed by atoms with van der Waals surface area (Å²) in [6.45, 7) is 3.23. The van der Waals surface area contributed by atoms with Gasteiger partial charge in [-0.05, 0) is 12.8 Å². The summed E-state index contributed by atoms with van der Waals surface area (Å²) in [7, 11) is 0. The van der Waals surface area contributed by atoms with E-state index in [2.05, 4.69) is 10.5 Å². The van der Waals surface area contributed by atoms with Gasteiger partial charge in [-0.3, -0.25) is 9.59 Å². The molecule has 1 aromatic heterocycles. The molecule has 1 aliphatic carbocycles. The van der Waals surface area contributed by atoms with Gasteiger partial charge in [0, 0.05) is 43.1 Å². The highest BCUT2D eigenvalue weighted by Crippen LogP contribution is 2.48. The third kappa shape index (κ3) is 2.58. The Morgan fingerprint density at radius 2 is 1.96 bits per heavy atom. The molecule has 1 saturated heterocycles. The average molecular weight is 325 g/mol. The number of carbonyl (C=O) groups excluding carboxylic acids is 2. The van der Waals surface area contributed by atoms with Crippen LogP contribution in [0, 0.1) is 5.41 Å². The Bertz CT molecular complexity index is 770. The number of aromatic nitrogens is 1. The Kier molecular flexibility index (Phi) is 3.40. The number of hydrogen-bond acceptors (Lipinski definition) is 4. The van der Waals surface area contributed by atoms with E-state index in [-0.39, 0.29) is 29.0 Å². The minimum Gasteiger partial charge on any atom is -0.350 e. The number of rotatable bonds is 3. The number of amides is 2. The van der Waals surface area contributed by atoms with E-state index in [4.69, 9.17) is 4.52 Å². The zero-order valence-corrected chi connectivity index (χ0v) is 13.5. The Labute approximate surface area is 139 Å². The number of carbonyl (C=O) groups is 2. The van der Waals surface area contributed by atoms with Gasteiger partial charge in [-0.2, -0.15) is 0 Å².